The van der Waals surface area contributed by atoms with Gasteiger partial charge in [-0.15, -0.1) is 0 Å². The van der Waals surface area contributed by atoms with Gasteiger partial charge in [0.05, 0.1) is 0 Å². The molecule has 0 aliphatic heterocycles. The zero-order valence-electron chi connectivity index (χ0n) is 9.63. The molecule has 0 amide bonds. The van der Waals surface area contributed by atoms with Crippen molar-refractivity contribution in [2.24, 2.45) is 16.6 Å². The van der Waals surface area contributed by atoms with Crippen LogP contribution >= 0.6 is 11.8 Å². The van der Waals surface area contributed by atoms with Crippen LogP contribution in [0.15, 0.2) is 4.99 Å². The van der Waals surface area contributed by atoms with E-state index in [1.54, 1.807) is 0 Å². The fraction of sp³-hybridized carbons (Fsp3) is 0.700. The van der Waals surface area contributed by atoms with Crippen molar-refractivity contribution >= 4 is 28.5 Å². The Kier molecular flexibility index (Phi) is 7.03. The van der Waals surface area contributed by atoms with Crippen LogP contribution in [-0.2, 0) is 0 Å². The van der Waals surface area contributed by atoms with E-state index in [1.807, 2.05) is 13.8 Å². The topological polar surface area (TPSA) is 86.1 Å². The number of thioether (sulfide) groups is 1. The number of amidine groups is 2. The van der Waals surface area contributed by atoms with Crippen LogP contribution in [-0.4, -0.2) is 22.5 Å². The van der Waals surface area contributed by atoms with Gasteiger partial charge in [0.15, 0.2) is 5.17 Å². The summed E-state index contributed by atoms with van der Waals surface area (Å²) in [6, 6.07) is 0. The van der Waals surface area contributed by atoms with Crippen LogP contribution < -0.4 is 5.73 Å². The Labute approximate surface area is 95.8 Å². The summed E-state index contributed by atoms with van der Waals surface area (Å²) >= 11 is 1.26. The van der Waals surface area contributed by atoms with Crippen LogP contribution in [0, 0.1) is 16.7 Å². The number of aliphatic imine (C=N–C) groups is 1. The molecule has 0 aliphatic rings. The second kappa shape index (κ2) is 7.45. The number of hydrogen-bond donors (Lipinski definition) is 3. The summed E-state index contributed by atoms with van der Waals surface area (Å²) in [5.74, 6) is 1.30. The Balaban J connectivity index is 3.96. The first-order valence-corrected chi connectivity index (χ1v) is 6.11. The Morgan fingerprint density at radius 1 is 1.40 bits per heavy atom. The minimum Gasteiger partial charge on any atom is -0.387 e. The minimum atomic E-state index is 0.197. The number of hydrogen-bond acceptors (Lipinski definition) is 3. The molecule has 0 fully saturated rings. The number of rotatable bonds is 5. The molecule has 1 atom stereocenters. The molecule has 0 spiro atoms. The molecule has 4 nitrogen and oxygen atoms in total. The lowest BCUT2D eigenvalue weighted by Gasteiger charge is -2.09. The van der Waals surface area contributed by atoms with Crippen LogP contribution in [0.4, 0.5) is 0 Å². The van der Waals surface area contributed by atoms with Gasteiger partial charge in [-0.1, -0.05) is 32.5 Å². The van der Waals surface area contributed by atoms with Crippen LogP contribution in [0.2, 0.25) is 0 Å². The lowest BCUT2D eigenvalue weighted by Crippen LogP contribution is -2.14. The number of nitrogens with zero attached hydrogens (tertiary/aromatic N) is 1. The Hall–Kier alpha value is -0.840. The maximum Gasteiger partial charge on any atom is 0.182 e. The van der Waals surface area contributed by atoms with E-state index in [-0.39, 0.29) is 11.1 Å². The lowest BCUT2D eigenvalue weighted by atomic mass is 10.1. The summed E-state index contributed by atoms with van der Waals surface area (Å²) in [5, 5.41) is 15.4. The zero-order valence-corrected chi connectivity index (χ0v) is 10.4. The highest BCUT2D eigenvalue weighted by Gasteiger charge is 2.07. The average molecular weight is 228 g/mol. The molecular formula is C10H20N4S. The second-order valence-electron chi connectivity index (χ2n) is 3.39. The van der Waals surface area contributed by atoms with Gasteiger partial charge in [0.25, 0.3) is 0 Å². The third-order valence-electron chi connectivity index (χ3n) is 2.18. The quantitative estimate of drug-likeness (QED) is 0.499. The van der Waals surface area contributed by atoms with Gasteiger partial charge in [-0.25, -0.2) is 4.99 Å². The van der Waals surface area contributed by atoms with Gasteiger partial charge in [0.1, 0.15) is 5.84 Å². The van der Waals surface area contributed by atoms with E-state index < -0.39 is 0 Å². The first-order chi connectivity index (χ1) is 7.01. The molecule has 0 saturated carbocycles. The number of nitrogens with one attached hydrogen (secondary N) is 2. The highest BCUT2D eigenvalue weighted by Crippen LogP contribution is 2.10. The van der Waals surface area contributed by atoms with E-state index in [9.17, 15) is 0 Å². The third kappa shape index (κ3) is 6.28. The molecule has 5 heteroatoms. The van der Waals surface area contributed by atoms with E-state index in [4.69, 9.17) is 16.6 Å². The number of nitrogens with two attached hydrogens (primary N) is 1. The standard InChI is InChI=1S/C10H20N4S/c1-4-7(3)8(11)6-15-10(13)14-9(12)5-2/h7,11H,4-6H2,1-3H3,(H3,12,13,14). The summed E-state index contributed by atoms with van der Waals surface area (Å²) < 4.78 is 0. The van der Waals surface area contributed by atoms with Gasteiger partial charge >= 0.3 is 0 Å². The average Bonchev–Trinajstić information content (AvgIpc) is 2.24. The Morgan fingerprint density at radius 3 is 2.47 bits per heavy atom. The zero-order chi connectivity index (χ0) is 11.8. The van der Waals surface area contributed by atoms with Crippen molar-refractivity contribution < 1.29 is 0 Å². The summed E-state index contributed by atoms with van der Waals surface area (Å²) in [6.07, 6.45) is 1.62. The summed E-state index contributed by atoms with van der Waals surface area (Å²) in [4.78, 5) is 3.90. The SMILES string of the molecule is CCC(N)=NC(=N)SCC(=N)C(C)CC. The molecule has 4 N–H and O–H groups in total. The van der Waals surface area contributed by atoms with Crippen molar-refractivity contribution in [2.45, 2.75) is 33.6 Å². The molecule has 86 valence electrons. The largest absolute Gasteiger partial charge is 0.387 e. The van der Waals surface area contributed by atoms with Crippen molar-refractivity contribution in [3.8, 4) is 0 Å². The summed E-state index contributed by atoms with van der Waals surface area (Å²) in [5.41, 5.74) is 6.17. The fourth-order valence-electron chi connectivity index (χ4n) is 0.777. The van der Waals surface area contributed by atoms with E-state index in [1.165, 1.54) is 11.8 Å². The molecule has 0 aromatic heterocycles. The minimum absolute atomic E-state index is 0.197. The highest BCUT2D eigenvalue weighted by molar-refractivity contribution is 8.14. The molecule has 1 unspecified atom stereocenters. The highest BCUT2D eigenvalue weighted by atomic mass is 32.2. The van der Waals surface area contributed by atoms with Crippen molar-refractivity contribution in [3.05, 3.63) is 0 Å². The first-order valence-electron chi connectivity index (χ1n) is 5.12. The second-order valence-corrected chi connectivity index (χ2v) is 4.35. The van der Waals surface area contributed by atoms with Crippen LogP contribution in [0.3, 0.4) is 0 Å². The molecule has 0 rings (SSSR count). The molecule has 0 aliphatic carbocycles. The Bertz CT molecular complexity index is 260. The summed E-state index contributed by atoms with van der Waals surface area (Å²) in [7, 11) is 0. The first kappa shape index (κ1) is 14.2. The van der Waals surface area contributed by atoms with Crippen LogP contribution in [0.25, 0.3) is 0 Å². The predicted octanol–water partition coefficient (Wildman–Crippen LogP) is 2.49. The van der Waals surface area contributed by atoms with E-state index in [0.29, 0.717) is 23.7 Å². The van der Waals surface area contributed by atoms with Gasteiger partial charge in [0, 0.05) is 17.9 Å². The fourth-order valence-corrected chi connectivity index (χ4v) is 1.54. The molecule has 0 aromatic rings. The van der Waals surface area contributed by atoms with Crippen LogP contribution in [0.1, 0.15) is 33.6 Å². The third-order valence-corrected chi connectivity index (χ3v) is 3.00. The van der Waals surface area contributed by atoms with Crippen molar-refractivity contribution in [1.82, 2.24) is 0 Å². The molecule has 0 radical (unpaired) electrons. The summed E-state index contributed by atoms with van der Waals surface area (Å²) in [6.45, 7) is 5.98. The lowest BCUT2D eigenvalue weighted by molar-refractivity contribution is 0.733. The van der Waals surface area contributed by atoms with Crippen molar-refractivity contribution in [2.75, 3.05) is 5.75 Å². The van der Waals surface area contributed by atoms with Gasteiger partial charge in [-0.05, 0) is 12.3 Å². The monoisotopic (exact) mass is 228 g/mol. The van der Waals surface area contributed by atoms with Gasteiger partial charge in [-0.3, -0.25) is 5.41 Å². The van der Waals surface area contributed by atoms with Crippen molar-refractivity contribution in [3.63, 3.8) is 0 Å². The maximum absolute atomic E-state index is 7.72. The van der Waals surface area contributed by atoms with E-state index in [0.717, 1.165) is 6.42 Å². The molecule has 0 aromatic carbocycles. The predicted molar refractivity (Wildman–Crippen MR) is 69.3 cm³/mol. The smallest absolute Gasteiger partial charge is 0.182 e. The Morgan fingerprint density at radius 2 is 2.00 bits per heavy atom. The molecule has 0 bridgehead atoms. The van der Waals surface area contributed by atoms with Gasteiger partial charge in [-0.2, -0.15) is 0 Å². The molecular weight excluding hydrogens is 208 g/mol. The van der Waals surface area contributed by atoms with Crippen LogP contribution in [0.5, 0.6) is 0 Å². The van der Waals surface area contributed by atoms with Gasteiger partial charge in [0.2, 0.25) is 0 Å². The van der Waals surface area contributed by atoms with Gasteiger partial charge < -0.3 is 11.1 Å². The maximum atomic E-state index is 7.72. The van der Waals surface area contributed by atoms with E-state index in [2.05, 4.69) is 11.9 Å². The normalized spacial score (nSPS) is 13.7. The molecule has 15 heavy (non-hydrogen) atoms. The van der Waals surface area contributed by atoms with E-state index >= 15 is 0 Å². The molecule has 0 saturated heterocycles. The van der Waals surface area contributed by atoms with Crippen molar-refractivity contribution in [1.29, 1.82) is 10.8 Å². The molecule has 0 heterocycles.